The summed E-state index contributed by atoms with van der Waals surface area (Å²) < 4.78 is 5.15. The van der Waals surface area contributed by atoms with E-state index < -0.39 is 0 Å². The molecule has 0 spiro atoms. The van der Waals surface area contributed by atoms with Crippen molar-refractivity contribution in [2.45, 2.75) is 13.0 Å². The van der Waals surface area contributed by atoms with Crippen LogP contribution in [0.5, 0.6) is 0 Å². The van der Waals surface area contributed by atoms with Crippen LogP contribution in [0.25, 0.3) is 0 Å². The molecule has 0 amide bonds. The second-order valence-electron chi connectivity index (χ2n) is 6.12. The Kier molecular flexibility index (Phi) is 5.49. The van der Waals surface area contributed by atoms with E-state index >= 15 is 0 Å². The minimum absolute atomic E-state index is 0.121. The number of rotatable bonds is 6. The minimum atomic E-state index is 0.121. The van der Waals surface area contributed by atoms with E-state index in [9.17, 15) is 0 Å². The molecule has 1 saturated heterocycles. The number of hydrogen-bond acceptors (Lipinski definition) is 8. The van der Waals surface area contributed by atoms with Crippen molar-refractivity contribution in [1.29, 1.82) is 0 Å². The fourth-order valence-corrected chi connectivity index (χ4v) is 2.97. The van der Waals surface area contributed by atoms with Crippen molar-refractivity contribution in [2.24, 2.45) is 0 Å². The van der Waals surface area contributed by atoms with Crippen molar-refractivity contribution in [3.63, 3.8) is 0 Å². The smallest absolute Gasteiger partial charge is 0.157 e. The lowest BCUT2D eigenvalue weighted by molar-refractivity contribution is 0.190. The van der Waals surface area contributed by atoms with Crippen molar-refractivity contribution in [1.82, 2.24) is 15.0 Å². The first-order valence-electron chi connectivity index (χ1n) is 8.46. The van der Waals surface area contributed by atoms with E-state index in [1.54, 1.807) is 13.4 Å². The topological polar surface area (TPSA) is 92.4 Å². The Balaban J connectivity index is 1.67. The van der Waals surface area contributed by atoms with E-state index in [0.29, 0.717) is 18.1 Å². The molecule has 134 valence electrons. The molecule has 2 aromatic rings. The third-order valence-corrected chi connectivity index (χ3v) is 4.22. The highest BCUT2D eigenvalue weighted by atomic mass is 16.5. The summed E-state index contributed by atoms with van der Waals surface area (Å²) in [5.41, 5.74) is 6.89. The number of ether oxygens (including phenoxy) is 1. The van der Waals surface area contributed by atoms with Crippen molar-refractivity contribution in [3.8, 4) is 0 Å². The van der Waals surface area contributed by atoms with E-state index in [1.807, 2.05) is 31.3 Å². The molecule has 0 aliphatic carbocycles. The number of nitrogens with one attached hydrogen (secondary N) is 1. The lowest BCUT2D eigenvalue weighted by Gasteiger charge is -2.36. The summed E-state index contributed by atoms with van der Waals surface area (Å²) in [5.74, 6) is 2.44. The zero-order valence-corrected chi connectivity index (χ0v) is 14.7. The zero-order valence-electron chi connectivity index (χ0n) is 14.7. The summed E-state index contributed by atoms with van der Waals surface area (Å²) >= 11 is 0. The number of nitrogens with zero attached hydrogens (tertiary/aromatic N) is 5. The Morgan fingerprint density at radius 3 is 2.60 bits per heavy atom. The predicted molar refractivity (Wildman–Crippen MR) is 100 cm³/mol. The molecule has 3 rings (SSSR count). The summed E-state index contributed by atoms with van der Waals surface area (Å²) in [7, 11) is 1.67. The Bertz CT molecular complexity index is 674. The fraction of sp³-hybridized carbons (Fsp3) is 0.471. The number of pyridine rings is 1. The monoisotopic (exact) mass is 343 g/mol. The molecule has 8 heteroatoms. The van der Waals surface area contributed by atoms with E-state index in [-0.39, 0.29) is 6.04 Å². The SMILES string of the molecule is COCC(C)Nc1ncnc(N2CCN(c3ccccn3)CC2)c1N. The molecule has 0 bridgehead atoms. The second kappa shape index (κ2) is 7.98. The molecule has 25 heavy (non-hydrogen) atoms. The van der Waals surface area contributed by atoms with Crippen LogP contribution in [0.2, 0.25) is 0 Å². The number of nitrogen functional groups attached to an aromatic ring is 1. The van der Waals surface area contributed by atoms with Gasteiger partial charge >= 0.3 is 0 Å². The van der Waals surface area contributed by atoms with Gasteiger partial charge in [-0.25, -0.2) is 15.0 Å². The van der Waals surface area contributed by atoms with E-state index in [4.69, 9.17) is 10.5 Å². The first-order valence-corrected chi connectivity index (χ1v) is 8.46. The summed E-state index contributed by atoms with van der Waals surface area (Å²) in [6.45, 7) is 6.04. The number of anilines is 4. The standard InChI is InChI=1S/C17H25N7O/c1-13(11-25-2)22-16-15(18)17(21-12-20-16)24-9-7-23(8-10-24)14-5-3-4-6-19-14/h3-6,12-13H,7-11,18H2,1-2H3,(H,20,21,22). The normalized spacial score (nSPS) is 15.9. The van der Waals surface area contributed by atoms with Gasteiger partial charge in [0.1, 0.15) is 17.8 Å². The minimum Gasteiger partial charge on any atom is -0.393 e. The van der Waals surface area contributed by atoms with E-state index in [0.717, 1.165) is 37.8 Å². The number of hydrogen-bond donors (Lipinski definition) is 2. The average Bonchev–Trinajstić information content (AvgIpc) is 2.65. The molecule has 2 aromatic heterocycles. The Hall–Kier alpha value is -2.61. The highest BCUT2D eigenvalue weighted by Crippen LogP contribution is 2.27. The van der Waals surface area contributed by atoms with E-state index in [1.165, 1.54) is 0 Å². The molecule has 0 aromatic carbocycles. The Morgan fingerprint density at radius 1 is 1.16 bits per heavy atom. The molecule has 0 radical (unpaired) electrons. The molecular formula is C17H25N7O. The van der Waals surface area contributed by atoms with Gasteiger partial charge in [0, 0.05) is 45.5 Å². The van der Waals surface area contributed by atoms with Crippen LogP contribution in [-0.2, 0) is 4.74 Å². The van der Waals surface area contributed by atoms with E-state index in [2.05, 4.69) is 30.1 Å². The fourth-order valence-electron chi connectivity index (χ4n) is 2.97. The van der Waals surface area contributed by atoms with Crippen LogP contribution >= 0.6 is 0 Å². The average molecular weight is 343 g/mol. The molecular weight excluding hydrogens is 318 g/mol. The summed E-state index contributed by atoms with van der Waals surface area (Å²) in [6, 6.07) is 6.10. The molecule has 0 saturated carbocycles. The third-order valence-electron chi connectivity index (χ3n) is 4.22. The molecule has 3 N–H and O–H groups in total. The summed E-state index contributed by atoms with van der Waals surface area (Å²) in [4.78, 5) is 17.6. The van der Waals surface area contributed by atoms with Crippen molar-refractivity contribution >= 4 is 23.1 Å². The second-order valence-corrected chi connectivity index (χ2v) is 6.12. The first-order chi connectivity index (χ1) is 12.2. The Labute approximate surface area is 148 Å². The quantitative estimate of drug-likeness (QED) is 0.809. The van der Waals surface area contributed by atoms with Gasteiger partial charge in [-0.2, -0.15) is 0 Å². The lowest BCUT2D eigenvalue weighted by atomic mass is 10.2. The van der Waals surface area contributed by atoms with Gasteiger partial charge in [0.15, 0.2) is 11.6 Å². The predicted octanol–water partition coefficient (Wildman–Crippen LogP) is 1.23. The Morgan fingerprint density at radius 2 is 1.92 bits per heavy atom. The van der Waals surface area contributed by atoms with Gasteiger partial charge in [-0.15, -0.1) is 0 Å². The van der Waals surface area contributed by atoms with Crippen LogP contribution in [-0.4, -0.2) is 60.9 Å². The highest BCUT2D eigenvalue weighted by Gasteiger charge is 2.22. The van der Waals surface area contributed by atoms with Crippen molar-refractivity contribution in [3.05, 3.63) is 30.7 Å². The molecule has 1 atom stereocenters. The first kappa shape index (κ1) is 17.2. The molecule has 1 aliphatic rings. The molecule has 1 unspecified atom stereocenters. The lowest BCUT2D eigenvalue weighted by Crippen LogP contribution is -2.47. The maximum Gasteiger partial charge on any atom is 0.157 e. The largest absolute Gasteiger partial charge is 0.393 e. The molecule has 8 nitrogen and oxygen atoms in total. The molecule has 3 heterocycles. The van der Waals surface area contributed by atoms with Crippen LogP contribution in [0.1, 0.15) is 6.92 Å². The number of nitrogens with two attached hydrogens (primary N) is 1. The third kappa shape index (κ3) is 4.08. The van der Waals surface area contributed by atoms with Gasteiger partial charge in [0.2, 0.25) is 0 Å². The van der Waals surface area contributed by atoms with Gasteiger partial charge in [-0.3, -0.25) is 0 Å². The zero-order chi connectivity index (χ0) is 17.6. The molecule has 1 fully saturated rings. The number of piperazine rings is 1. The highest BCUT2D eigenvalue weighted by molar-refractivity contribution is 5.75. The van der Waals surface area contributed by atoms with Crippen molar-refractivity contribution < 1.29 is 4.74 Å². The summed E-state index contributed by atoms with van der Waals surface area (Å²) in [6.07, 6.45) is 3.38. The maximum atomic E-state index is 6.31. The van der Waals surface area contributed by atoms with Crippen LogP contribution in [0.4, 0.5) is 23.1 Å². The maximum absolute atomic E-state index is 6.31. The van der Waals surface area contributed by atoms with Crippen LogP contribution in [0.15, 0.2) is 30.7 Å². The van der Waals surface area contributed by atoms with Gasteiger partial charge in [0.25, 0.3) is 0 Å². The number of aromatic nitrogens is 3. The van der Waals surface area contributed by atoms with Crippen LogP contribution in [0.3, 0.4) is 0 Å². The van der Waals surface area contributed by atoms with Crippen LogP contribution in [0, 0.1) is 0 Å². The van der Waals surface area contributed by atoms with Gasteiger partial charge in [-0.1, -0.05) is 6.07 Å². The summed E-state index contributed by atoms with van der Waals surface area (Å²) in [5, 5.41) is 3.28. The van der Waals surface area contributed by atoms with Gasteiger partial charge in [-0.05, 0) is 19.1 Å². The number of methoxy groups -OCH3 is 1. The molecule has 1 aliphatic heterocycles. The van der Waals surface area contributed by atoms with Crippen LogP contribution < -0.4 is 20.9 Å². The van der Waals surface area contributed by atoms with Crippen molar-refractivity contribution in [2.75, 3.05) is 60.7 Å². The van der Waals surface area contributed by atoms with Gasteiger partial charge in [0.05, 0.1) is 6.61 Å². The van der Waals surface area contributed by atoms with Gasteiger partial charge < -0.3 is 25.6 Å².